The van der Waals surface area contributed by atoms with Gasteiger partial charge in [-0.1, -0.05) is 0 Å². The van der Waals surface area contributed by atoms with E-state index in [0.717, 1.165) is 38.7 Å². The van der Waals surface area contributed by atoms with Gasteiger partial charge in [0.15, 0.2) is 11.0 Å². The highest BCUT2D eigenvalue weighted by Crippen LogP contribution is 2.18. The van der Waals surface area contributed by atoms with Crippen LogP contribution in [-0.2, 0) is 4.74 Å². The van der Waals surface area contributed by atoms with Crippen molar-refractivity contribution >= 4 is 29.4 Å². The summed E-state index contributed by atoms with van der Waals surface area (Å²) in [6.07, 6.45) is 1.60. The van der Waals surface area contributed by atoms with Gasteiger partial charge in [0.05, 0.1) is 19.4 Å². The topological polar surface area (TPSA) is 62.0 Å². The molecule has 1 aromatic rings. The molecule has 0 spiro atoms. The number of hydrogen-bond acceptors (Lipinski definition) is 5. The smallest absolute Gasteiger partial charge is 0.196 e. The predicted molar refractivity (Wildman–Crippen MR) is 78.7 cm³/mol. The van der Waals surface area contributed by atoms with E-state index in [4.69, 9.17) is 21.4 Å². The number of hydrogen-bond donors (Lipinski definition) is 2. The number of furan rings is 1. The molecule has 0 bridgehead atoms. The fraction of sp³-hybridized carbons (Fsp3) is 0.500. The number of ether oxygens (including phenoxy) is 1. The second kappa shape index (κ2) is 7.10. The maximum Gasteiger partial charge on any atom is 0.196 e. The van der Waals surface area contributed by atoms with Crippen LogP contribution >= 0.6 is 12.2 Å². The molecule has 1 aliphatic heterocycles. The Bertz CT molecular complexity index is 441. The summed E-state index contributed by atoms with van der Waals surface area (Å²) in [6, 6.07) is 3.82. The highest BCUT2D eigenvalue weighted by Gasteiger charge is 2.13. The van der Waals surface area contributed by atoms with Crippen LogP contribution in [0.3, 0.4) is 0 Å². The van der Waals surface area contributed by atoms with Crippen molar-refractivity contribution in [2.45, 2.75) is 6.92 Å². The first-order valence-corrected chi connectivity index (χ1v) is 6.70. The molecule has 2 N–H and O–H groups in total. The first-order valence-electron chi connectivity index (χ1n) is 6.29. The second-order valence-corrected chi connectivity index (χ2v) is 4.41. The van der Waals surface area contributed by atoms with Gasteiger partial charge in [0.25, 0.3) is 0 Å². The lowest BCUT2D eigenvalue weighted by molar-refractivity contribution is 0.120. The lowest BCUT2D eigenvalue weighted by Crippen LogP contribution is -2.35. The second-order valence-electron chi connectivity index (χ2n) is 4.00. The Morgan fingerprint density at radius 3 is 3.00 bits per heavy atom. The molecule has 19 heavy (non-hydrogen) atoms. The molecule has 1 aromatic heterocycles. The van der Waals surface area contributed by atoms with Crippen LogP contribution in [0, 0.1) is 0 Å². The molecular formula is C12H18N4O2S. The van der Waals surface area contributed by atoms with Crippen molar-refractivity contribution in [2.24, 2.45) is 5.10 Å². The van der Waals surface area contributed by atoms with Gasteiger partial charge < -0.3 is 19.4 Å². The quantitative estimate of drug-likeness (QED) is 0.487. The van der Waals surface area contributed by atoms with Crippen LogP contribution in [0.5, 0.6) is 0 Å². The number of thiocarbonyl (C=S) groups is 1. The molecule has 0 amide bonds. The van der Waals surface area contributed by atoms with Crippen LogP contribution in [0.2, 0.25) is 0 Å². The Kier molecular flexibility index (Phi) is 5.17. The third-order valence-electron chi connectivity index (χ3n) is 2.63. The van der Waals surface area contributed by atoms with E-state index in [2.05, 4.69) is 20.7 Å². The van der Waals surface area contributed by atoms with Crippen molar-refractivity contribution in [1.82, 2.24) is 10.7 Å². The highest BCUT2D eigenvalue weighted by atomic mass is 32.1. The van der Waals surface area contributed by atoms with Crippen LogP contribution in [0.4, 0.5) is 5.88 Å². The lowest BCUT2D eigenvalue weighted by Gasteiger charge is -2.26. The Morgan fingerprint density at radius 1 is 1.47 bits per heavy atom. The van der Waals surface area contributed by atoms with Crippen molar-refractivity contribution in [3.05, 3.63) is 17.9 Å². The van der Waals surface area contributed by atoms with Crippen molar-refractivity contribution in [3.8, 4) is 0 Å². The number of nitrogens with one attached hydrogen (secondary N) is 2. The first kappa shape index (κ1) is 13.8. The van der Waals surface area contributed by atoms with Crippen LogP contribution in [0.1, 0.15) is 12.7 Å². The molecule has 0 radical (unpaired) electrons. The van der Waals surface area contributed by atoms with Crippen LogP contribution < -0.4 is 15.6 Å². The van der Waals surface area contributed by atoms with Crippen molar-refractivity contribution in [1.29, 1.82) is 0 Å². The molecule has 0 saturated carbocycles. The van der Waals surface area contributed by atoms with E-state index >= 15 is 0 Å². The Hall–Kier alpha value is -1.60. The zero-order chi connectivity index (χ0) is 13.5. The summed E-state index contributed by atoms with van der Waals surface area (Å²) in [5.41, 5.74) is 2.72. The zero-order valence-corrected chi connectivity index (χ0v) is 11.7. The number of hydrazone groups is 1. The Labute approximate surface area is 117 Å². The third-order valence-corrected chi connectivity index (χ3v) is 2.87. The van der Waals surface area contributed by atoms with Crippen molar-refractivity contribution in [2.75, 3.05) is 37.7 Å². The van der Waals surface area contributed by atoms with E-state index in [1.807, 2.05) is 19.1 Å². The van der Waals surface area contributed by atoms with E-state index in [1.54, 1.807) is 6.21 Å². The average molecular weight is 282 g/mol. The molecule has 1 saturated heterocycles. The molecule has 6 nitrogen and oxygen atoms in total. The Morgan fingerprint density at radius 2 is 2.26 bits per heavy atom. The lowest BCUT2D eigenvalue weighted by atomic mass is 10.4. The minimum absolute atomic E-state index is 0.499. The van der Waals surface area contributed by atoms with Gasteiger partial charge in [-0.05, 0) is 25.2 Å². The van der Waals surface area contributed by atoms with Crippen LogP contribution in [0.15, 0.2) is 21.7 Å². The molecule has 1 fully saturated rings. The van der Waals surface area contributed by atoms with Gasteiger partial charge in [-0.25, -0.2) is 0 Å². The number of anilines is 1. The van der Waals surface area contributed by atoms with E-state index < -0.39 is 0 Å². The van der Waals surface area contributed by atoms with Crippen molar-refractivity contribution in [3.63, 3.8) is 0 Å². The van der Waals surface area contributed by atoms with Gasteiger partial charge in [-0.2, -0.15) is 5.10 Å². The van der Waals surface area contributed by atoms with Gasteiger partial charge in [-0.15, -0.1) is 0 Å². The van der Waals surface area contributed by atoms with E-state index in [9.17, 15) is 0 Å². The minimum Gasteiger partial charge on any atom is -0.440 e. The summed E-state index contributed by atoms with van der Waals surface area (Å²) in [4.78, 5) is 2.15. The van der Waals surface area contributed by atoms with Gasteiger partial charge in [-0.3, -0.25) is 5.43 Å². The Balaban J connectivity index is 1.86. The largest absolute Gasteiger partial charge is 0.440 e. The van der Waals surface area contributed by atoms with E-state index in [0.29, 0.717) is 10.9 Å². The van der Waals surface area contributed by atoms with Gasteiger partial charge in [0, 0.05) is 25.7 Å². The molecule has 0 aromatic carbocycles. The zero-order valence-electron chi connectivity index (χ0n) is 10.9. The summed E-state index contributed by atoms with van der Waals surface area (Å²) in [5.74, 6) is 1.53. The minimum atomic E-state index is 0.499. The van der Waals surface area contributed by atoms with E-state index in [-0.39, 0.29) is 0 Å². The molecule has 1 aliphatic rings. The SMILES string of the molecule is CCNC(=S)NN=Cc1ccc(N2CCOCC2)o1. The number of rotatable bonds is 4. The monoisotopic (exact) mass is 282 g/mol. The maximum atomic E-state index is 5.68. The number of morpholine rings is 1. The first-order chi connectivity index (χ1) is 9.29. The maximum absolute atomic E-state index is 5.68. The van der Waals surface area contributed by atoms with Gasteiger partial charge in [0.2, 0.25) is 0 Å². The highest BCUT2D eigenvalue weighted by molar-refractivity contribution is 7.80. The normalized spacial score (nSPS) is 15.7. The van der Waals surface area contributed by atoms with Gasteiger partial charge >= 0.3 is 0 Å². The molecule has 104 valence electrons. The fourth-order valence-electron chi connectivity index (χ4n) is 1.72. The molecule has 7 heteroatoms. The molecule has 0 unspecified atom stereocenters. The molecule has 2 rings (SSSR count). The van der Waals surface area contributed by atoms with Crippen LogP contribution in [-0.4, -0.2) is 44.2 Å². The average Bonchev–Trinajstić information content (AvgIpc) is 2.89. The molecule has 2 heterocycles. The summed E-state index contributed by atoms with van der Waals surface area (Å²) < 4.78 is 11.0. The summed E-state index contributed by atoms with van der Waals surface area (Å²) in [6.45, 7) is 5.92. The standard InChI is InChI=1S/C12H18N4O2S/c1-2-13-12(19)15-14-9-10-3-4-11(18-10)16-5-7-17-8-6-16/h3-4,9H,2,5-8H2,1H3,(H2,13,15,19). The van der Waals surface area contributed by atoms with E-state index in [1.165, 1.54) is 0 Å². The predicted octanol–water partition coefficient (Wildman–Crippen LogP) is 0.934. The number of nitrogens with zero attached hydrogens (tertiary/aromatic N) is 2. The fourth-order valence-corrected chi connectivity index (χ4v) is 1.92. The molecular weight excluding hydrogens is 264 g/mol. The molecule has 0 atom stereocenters. The molecule has 0 aliphatic carbocycles. The van der Waals surface area contributed by atoms with Crippen molar-refractivity contribution < 1.29 is 9.15 Å². The van der Waals surface area contributed by atoms with Crippen LogP contribution in [0.25, 0.3) is 0 Å². The summed E-state index contributed by atoms with van der Waals surface area (Å²) in [7, 11) is 0. The summed E-state index contributed by atoms with van der Waals surface area (Å²) in [5, 5.41) is 7.44. The summed E-state index contributed by atoms with van der Waals surface area (Å²) >= 11 is 4.99. The third kappa shape index (κ3) is 4.22. The van der Waals surface area contributed by atoms with Gasteiger partial charge in [0.1, 0.15) is 5.76 Å².